The molecule has 2 aromatic heterocycles. The molecule has 0 radical (unpaired) electrons. The normalized spacial score (nSPS) is 16.7. The molecule has 156 valence electrons. The number of aryl methyl sites for hydroxylation is 2. The standard InChI is InChI=1S/C24H28N4O2/c1-15-18-8-5-9-19(18)27-22(26-15)12-13-25-23(29)17-10-11-20-21(14-17)30-24(28-20)16-6-3-2-4-7-16/h10-11,14,16H,2-9,12-13H2,1H3,(H,25,29). The maximum absolute atomic E-state index is 12.6. The summed E-state index contributed by atoms with van der Waals surface area (Å²) in [6.07, 6.45) is 10.00. The molecule has 1 N–H and O–H groups in total. The molecule has 2 heterocycles. The van der Waals surface area contributed by atoms with Crippen LogP contribution in [-0.4, -0.2) is 27.4 Å². The molecule has 2 aliphatic rings. The smallest absolute Gasteiger partial charge is 0.251 e. The second-order valence-electron chi connectivity index (χ2n) is 8.58. The number of rotatable bonds is 5. The number of nitrogens with one attached hydrogen (secondary N) is 1. The van der Waals surface area contributed by atoms with Crippen molar-refractivity contribution in [1.29, 1.82) is 0 Å². The molecule has 0 bridgehead atoms. The number of fused-ring (bicyclic) bond motifs is 2. The predicted octanol–water partition coefficient (Wildman–Crippen LogP) is 4.44. The summed E-state index contributed by atoms with van der Waals surface area (Å²) in [5.41, 5.74) is 5.71. The van der Waals surface area contributed by atoms with E-state index in [0.29, 0.717) is 30.0 Å². The van der Waals surface area contributed by atoms with Gasteiger partial charge in [0.15, 0.2) is 11.5 Å². The Hall–Kier alpha value is -2.76. The lowest BCUT2D eigenvalue weighted by Crippen LogP contribution is -2.26. The van der Waals surface area contributed by atoms with Crippen molar-refractivity contribution in [2.75, 3.05) is 6.54 Å². The van der Waals surface area contributed by atoms with E-state index < -0.39 is 0 Å². The van der Waals surface area contributed by atoms with Gasteiger partial charge < -0.3 is 9.73 Å². The van der Waals surface area contributed by atoms with Crippen molar-refractivity contribution in [3.63, 3.8) is 0 Å². The predicted molar refractivity (Wildman–Crippen MR) is 115 cm³/mol. The second kappa shape index (κ2) is 8.17. The van der Waals surface area contributed by atoms with Crippen LogP contribution in [0.3, 0.4) is 0 Å². The number of oxazole rings is 1. The maximum Gasteiger partial charge on any atom is 0.251 e. The van der Waals surface area contributed by atoms with Crippen LogP contribution in [-0.2, 0) is 19.3 Å². The van der Waals surface area contributed by atoms with Gasteiger partial charge in [-0.05, 0) is 62.8 Å². The highest BCUT2D eigenvalue weighted by Gasteiger charge is 2.21. The fourth-order valence-corrected chi connectivity index (χ4v) is 4.79. The summed E-state index contributed by atoms with van der Waals surface area (Å²) >= 11 is 0. The van der Waals surface area contributed by atoms with Gasteiger partial charge in [0, 0.05) is 35.8 Å². The first kappa shape index (κ1) is 19.2. The molecule has 1 fully saturated rings. The summed E-state index contributed by atoms with van der Waals surface area (Å²) in [7, 11) is 0. The van der Waals surface area contributed by atoms with Gasteiger partial charge in [0.05, 0.1) is 0 Å². The zero-order valence-corrected chi connectivity index (χ0v) is 17.5. The zero-order chi connectivity index (χ0) is 20.5. The van der Waals surface area contributed by atoms with Gasteiger partial charge in [-0.15, -0.1) is 0 Å². The summed E-state index contributed by atoms with van der Waals surface area (Å²) in [6.45, 7) is 2.57. The van der Waals surface area contributed by atoms with Gasteiger partial charge in [-0.25, -0.2) is 15.0 Å². The molecular weight excluding hydrogens is 376 g/mol. The number of hydrogen-bond acceptors (Lipinski definition) is 5. The Morgan fingerprint density at radius 2 is 1.97 bits per heavy atom. The molecular formula is C24H28N4O2. The number of nitrogens with zero attached hydrogens (tertiary/aromatic N) is 3. The molecule has 0 spiro atoms. The van der Waals surface area contributed by atoms with Crippen LogP contribution in [0.5, 0.6) is 0 Å². The molecule has 30 heavy (non-hydrogen) atoms. The Labute approximate surface area is 176 Å². The van der Waals surface area contributed by atoms with Crippen molar-refractivity contribution in [2.24, 2.45) is 0 Å². The van der Waals surface area contributed by atoms with Crippen molar-refractivity contribution in [3.05, 3.63) is 52.4 Å². The van der Waals surface area contributed by atoms with Crippen LogP contribution >= 0.6 is 0 Å². The fourth-order valence-electron chi connectivity index (χ4n) is 4.79. The van der Waals surface area contributed by atoms with Crippen LogP contribution in [0.4, 0.5) is 0 Å². The van der Waals surface area contributed by atoms with Crippen molar-refractivity contribution in [3.8, 4) is 0 Å². The van der Waals surface area contributed by atoms with E-state index in [9.17, 15) is 4.79 Å². The molecule has 3 aromatic rings. The summed E-state index contributed by atoms with van der Waals surface area (Å²) < 4.78 is 6.02. The molecule has 0 atom stereocenters. The first-order valence-corrected chi connectivity index (χ1v) is 11.2. The van der Waals surface area contributed by atoms with E-state index in [1.807, 2.05) is 12.1 Å². The Balaban J connectivity index is 1.23. The molecule has 6 nitrogen and oxygen atoms in total. The average molecular weight is 405 g/mol. The zero-order valence-electron chi connectivity index (χ0n) is 17.5. The number of benzene rings is 1. The highest BCUT2D eigenvalue weighted by Crippen LogP contribution is 2.33. The average Bonchev–Trinajstić information content (AvgIpc) is 3.41. The Morgan fingerprint density at radius 1 is 1.10 bits per heavy atom. The van der Waals surface area contributed by atoms with Crippen molar-refractivity contribution in [2.45, 2.75) is 70.6 Å². The molecule has 1 aromatic carbocycles. The van der Waals surface area contributed by atoms with Crippen LogP contribution in [0, 0.1) is 6.92 Å². The second-order valence-corrected chi connectivity index (χ2v) is 8.58. The molecule has 1 amide bonds. The van der Waals surface area contributed by atoms with Crippen LogP contribution in [0.2, 0.25) is 0 Å². The Kier molecular flexibility index (Phi) is 5.23. The van der Waals surface area contributed by atoms with E-state index in [1.54, 1.807) is 6.07 Å². The minimum Gasteiger partial charge on any atom is -0.440 e. The van der Waals surface area contributed by atoms with Crippen LogP contribution in [0.25, 0.3) is 11.1 Å². The quantitative estimate of drug-likeness (QED) is 0.680. The summed E-state index contributed by atoms with van der Waals surface area (Å²) in [5, 5.41) is 2.99. The lowest BCUT2D eigenvalue weighted by Gasteiger charge is -2.17. The number of carbonyl (C=O) groups is 1. The topological polar surface area (TPSA) is 80.9 Å². The van der Waals surface area contributed by atoms with Gasteiger partial charge in [-0.1, -0.05) is 19.3 Å². The Morgan fingerprint density at radius 3 is 2.83 bits per heavy atom. The lowest BCUT2D eigenvalue weighted by atomic mass is 9.89. The number of aromatic nitrogens is 3. The summed E-state index contributed by atoms with van der Waals surface area (Å²) in [4.78, 5) is 26.6. The first-order valence-electron chi connectivity index (χ1n) is 11.2. The number of hydrogen-bond donors (Lipinski definition) is 1. The van der Waals surface area contributed by atoms with E-state index in [4.69, 9.17) is 4.42 Å². The van der Waals surface area contributed by atoms with E-state index in [-0.39, 0.29) is 5.91 Å². The molecule has 0 aliphatic heterocycles. The fraction of sp³-hybridized carbons (Fsp3) is 0.500. The molecule has 2 aliphatic carbocycles. The summed E-state index contributed by atoms with van der Waals surface area (Å²) in [5.74, 6) is 1.95. The van der Waals surface area contributed by atoms with E-state index >= 15 is 0 Å². The van der Waals surface area contributed by atoms with E-state index in [2.05, 4.69) is 27.2 Å². The number of amides is 1. The van der Waals surface area contributed by atoms with Gasteiger partial charge >= 0.3 is 0 Å². The SMILES string of the molecule is Cc1nc(CCNC(=O)c2ccc3nc(C4CCCCC4)oc3c2)nc2c1CCC2. The van der Waals surface area contributed by atoms with Gasteiger partial charge in [0.1, 0.15) is 11.3 Å². The van der Waals surface area contributed by atoms with Gasteiger partial charge in [-0.3, -0.25) is 4.79 Å². The highest BCUT2D eigenvalue weighted by atomic mass is 16.3. The molecule has 1 saturated carbocycles. The molecule has 0 saturated heterocycles. The maximum atomic E-state index is 12.6. The van der Waals surface area contributed by atoms with Gasteiger partial charge in [-0.2, -0.15) is 0 Å². The highest BCUT2D eigenvalue weighted by molar-refractivity contribution is 5.97. The van der Waals surface area contributed by atoms with Crippen molar-refractivity contribution in [1.82, 2.24) is 20.3 Å². The van der Waals surface area contributed by atoms with Crippen LogP contribution in [0.1, 0.15) is 83.5 Å². The minimum atomic E-state index is -0.106. The minimum absolute atomic E-state index is 0.106. The van der Waals surface area contributed by atoms with Gasteiger partial charge in [0.25, 0.3) is 5.91 Å². The third-order valence-corrected chi connectivity index (χ3v) is 6.44. The molecule has 6 heteroatoms. The monoisotopic (exact) mass is 404 g/mol. The third kappa shape index (κ3) is 3.83. The largest absolute Gasteiger partial charge is 0.440 e. The molecule has 0 unspecified atom stereocenters. The van der Waals surface area contributed by atoms with Gasteiger partial charge in [0.2, 0.25) is 0 Å². The lowest BCUT2D eigenvalue weighted by molar-refractivity contribution is 0.0954. The number of carbonyl (C=O) groups excluding carboxylic acids is 1. The van der Waals surface area contributed by atoms with Crippen LogP contribution < -0.4 is 5.32 Å². The van der Waals surface area contributed by atoms with Crippen molar-refractivity contribution < 1.29 is 9.21 Å². The third-order valence-electron chi connectivity index (χ3n) is 6.44. The van der Waals surface area contributed by atoms with Crippen molar-refractivity contribution >= 4 is 17.0 Å². The molecule has 5 rings (SSSR count). The summed E-state index contributed by atoms with van der Waals surface area (Å²) in [6, 6.07) is 5.51. The van der Waals surface area contributed by atoms with E-state index in [1.165, 1.54) is 30.5 Å². The van der Waals surface area contributed by atoms with E-state index in [0.717, 1.165) is 55.0 Å². The Bertz CT molecular complexity index is 1080. The van der Waals surface area contributed by atoms with Crippen LogP contribution in [0.15, 0.2) is 22.6 Å². The first-order chi connectivity index (χ1) is 14.7.